The molecular weight excluding hydrogens is 366 g/mol. The number of anilines is 1. The molecule has 0 aliphatic carbocycles. The average Bonchev–Trinajstić information content (AvgIpc) is 3.29. The van der Waals surface area contributed by atoms with E-state index in [9.17, 15) is 0 Å². The van der Waals surface area contributed by atoms with Gasteiger partial charge in [-0.2, -0.15) is 5.21 Å². The molecule has 5 nitrogen and oxygen atoms in total. The van der Waals surface area contributed by atoms with Crippen molar-refractivity contribution in [3.05, 3.63) is 42.5 Å². The van der Waals surface area contributed by atoms with Crippen LogP contribution in [-0.4, -0.2) is 33.4 Å². The minimum atomic E-state index is 0.614. The highest BCUT2D eigenvalue weighted by Gasteiger charge is 2.15. The molecule has 0 radical (unpaired) electrons. The van der Waals surface area contributed by atoms with Crippen molar-refractivity contribution in [2.45, 2.75) is 51.3 Å². The van der Waals surface area contributed by atoms with Crippen LogP contribution in [0, 0.1) is 0 Å². The van der Waals surface area contributed by atoms with E-state index in [1.807, 2.05) is 6.07 Å². The van der Waals surface area contributed by atoms with Gasteiger partial charge in [-0.3, -0.25) is 0 Å². The third kappa shape index (κ3) is 6.09. The van der Waals surface area contributed by atoms with Crippen LogP contribution < -0.4 is 5.32 Å². The molecule has 6 heteroatoms. The molecule has 28 heavy (non-hydrogen) atoms. The maximum Gasteiger partial charge on any atom is 0.204 e. The molecule has 0 spiro atoms. The number of hydrogen-bond acceptors (Lipinski definition) is 5. The van der Waals surface area contributed by atoms with Crippen LogP contribution in [0.25, 0.3) is 22.5 Å². The van der Waals surface area contributed by atoms with Crippen LogP contribution in [0.15, 0.2) is 47.4 Å². The lowest BCUT2D eigenvalue weighted by Gasteiger charge is -2.17. The first-order valence-electron chi connectivity index (χ1n) is 10.00. The van der Waals surface area contributed by atoms with Crippen LogP contribution in [0.3, 0.4) is 0 Å². The summed E-state index contributed by atoms with van der Waals surface area (Å²) in [4.78, 5) is 1.20. The molecule has 0 saturated carbocycles. The van der Waals surface area contributed by atoms with Gasteiger partial charge in [-0.05, 0) is 35.6 Å². The smallest absolute Gasteiger partial charge is 0.204 e. The molecule has 0 amide bonds. The predicted molar refractivity (Wildman–Crippen MR) is 121 cm³/mol. The lowest BCUT2D eigenvalue weighted by molar-refractivity contribution is 0.834. The first-order valence-corrected chi connectivity index (χ1v) is 11.2. The van der Waals surface area contributed by atoms with Gasteiger partial charge in [-0.25, -0.2) is 0 Å². The summed E-state index contributed by atoms with van der Waals surface area (Å²) < 4.78 is 0. The molecule has 0 aliphatic rings. The van der Waals surface area contributed by atoms with Crippen LogP contribution in [0.2, 0.25) is 0 Å². The molecular formula is C22H31N5S. The Morgan fingerprint density at radius 3 is 2.29 bits per heavy atom. The van der Waals surface area contributed by atoms with Gasteiger partial charge in [0.2, 0.25) is 5.82 Å². The van der Waals surface area contributed by atoms with Crippen molar-refractivity contribution in [1.82, 2.24) is 20.6 Å². The van der Waals surface area contributed by atoms with Gasteiger partial charge in [0.25, 0.3) is 0 Å². The Hall–Kier alpha value is -2.34. The van der Waals surface area contributed by atoms with Crippen molar-refractivity contribution >= 4 is 17.4 Å². The molecule has 0 saturated heterocycles. The van der Waals surface area contributed by atoms with Crippen LogP contribution >= 0.6 is 11.8 Å². The van der Waals surface area contributed by atoms with Crippen LogP contribution in [0.5, 0.6) is 0 Å². The van der Waals surface area contributed by atoms with E-state index in [1.165, 1.54) is 28.9 Å². The van der Waals surface area contributed by atoms with Crippen molar-refractivity contribution in [3.8, 4) is 22.5 Å². The minimum Gasteiger partial charge on any atom is -0.384 e. The second-order valence-electron chi connectivity index (χ2n) is 6.48. The molecule has 0 fully saturated rings. The fourth-order valence-corrected chi connectivity index (χ4v) is 3.31. The first-order chi connectivity index (χ1) is 13.7. The predicted octanol–water partition coefficient (Wildman–Crippen LogP) is 6.27. The van der Waals surface area contributed by atoms with Crippen LogP contribution in [0.1, 0.15) is 46.5 Å². The Morgan fingerprint density at radius 2 is 1.71 bits per heavy atom. The fourth-order valence-electron chi connectivity index (χ4n) is 2.63. The fraction of sp³-hybridized carbons (Fsp3) is 0.409. The number of aromatic nitrogens is 4. The summed E-state index contributed by atoms with van der Waals surface area (Å²) in [5, 5.41) is 18.0. The van der Waals surface area contributed by atoms with Crippen molar-refractivity contribution in [3.63, 3.8) is 0 Å². The van der Waals surface area contributed by atoms with E-state index in [1.54, 1.807) is 11.8 Å². The van der Waals surface area contributed by atoms with E-state index >= 15 is 0 Å². The molecule has 1 aromatic heterocycles. The number of nitrogens with one attached hydrogen (secondary N) is 2. The Bertz CT molecular complexity index is 801. The minimum absolute atomic E-state index is 0.614. The molecule has 3 aromatic rings. The van der Waals surface area contributed by atoms with Crippen LogP contribution in [-0.2, 0) is 0 Å². The maximum absolute atomic E-state index is 4.12. The number of unbranched alkanes of at least 4 members (excludes halogenated alkanes) is 2. The third-order valence-electron chi connectivity index (χ3n) is 4.33. The standard InChI is InChI=1S/C18H21N5S.C4H10/c1-3-4-10-19-15-11-14(18-20-22-23-21-18)12-16(24-2)17(15)13-8-6-5-7-9-13;1-3-4-2/h5-9,11-12,19H,3-4,10H2,1-2H3,(H,20,21,22,23);3-4H2,1-2H3. The zero-order valence-electron chi connectivity index (χ0n) is 17.3. The molecule has 2 aromatic carbocycles. The summed E-state index contributed by atoms with van der Waals surface area (Å²) in [6, 6.07) is 14.7. The van der Waals surface area contributed by atoms with Gasteiger partial charge < -0.3 is 5.32 Å². The van der Waals surface area contributed by atoms with Crippen molar-refractivity contribution in [1.29, 1.82) is 0 Å². The number of tetrazole rings is 1. The summed E-state index contributed by atoms with van der Waals surface area (Å²) in [5.74, 6) is 0.614. The topological polar surface area (TPSA) is 66.5 Å². The SMILES string of the molecule is CCCC.CCCCNc1cc(-c2nn[nH]n2)cc(SC)c1-c1ccccc1. The summed E-state index contributed by atoms with van der Waals surface area (Å²) in [6.07, 6.45) is 7.03. The molecule has 0 bridgehead atoms. The van der Waals surface area contributed by atoms with E-state index < -0.39 is 0 Å². The zero-order chi connectivity index (χ0) is 20.2. The molecule has 150 valence electrons. The normalized spacial score (nSPS) is 10.3. The van der Waals surface area contributed by atoms with E-state index in [-0.39, 0.29) is 0 Å². The maximum atomic E-state index is 4.12. The summed E-state index contributed by atoms with van der Waals surface area (Å²) >= 11 is 1.73. The van der Waals surface area contributed by atoms with Gasteiger partial charge in [-0.15, -0.1) is 22.0 Å². The summed E-state index contributed by atoms with van der Waals surface area (Å²) in [7, 11) is 0. The highest BCUT2D eigenvalue weighted by Crippen LogP contribution is 2.39. The molecule has 2 N–H and O–H groups in total. The number of H-pyrrole nitrogens is 1. The molecule has 0 unspecified atom stereocenters. The van der Waals surface area contributed by atoms with E-state index in [0.29, 0.717) is 5.82 Å². The van der Waals surface area contributed by atoms with Gasteiger partial charge in [0.1, 0.15) is 0 Å². The van der Waals surface area contributed by atoms with E-state index in [2.05, 4.69) is 89.4 Å². The number of thioether (sulfide) groups is 1. The van der Waals surface area contributed by atoms with Gasteiger partial charge in [0.05, 0.1) is 0 Å². The largest absolute Gasteiger partial charge is 0.384 e. The van der Waals surface area contributed by atoms with E-state index in [0.717, 1.165) is 30.6 Å². The Balaban J connectivity index is 0.000000640. The second-order valence-corrected chi connectivity index (χ2v) is 7.33. The van der Waals surface area contributed by atoms with Crippen molar-refractivity contribution in [2.75, 3.05) is 18.1 Å². The van der Waals surface area contributed by atoms with E-state index in [4.69, 9.17) is 0 Å². The summed E-state index contributed by atoms with van der Waals surface area (Å²) in [6.45, 7) is 7.50. The number of benzene rings is 2. The molecule has 0 atom stereocenters. The number of aromatic amines is 1. The Morgan fingerprint density at radius 1 is 0.964 bits per heavy atom. The number of hydrogen-bond donors (Lipinski definition) is 2. The van der Waals surface area contributed by atoms with Gasteiger partial charge in [0.15, 0.2) is 0 Å². The van der Waals surface area contributed by atoms with Crippen molar-refractivity contribution < 1.29 is 0 Å². The molecule has 1 heterocycles. The van der Waals surface area contributed by atoms with Crippen LogP contribution in [0.4, 0.5) is 5.69 Å². The highest BCUT2D eigenvalue weighted by atomic mass is 32.2. The lowest BCUT2D eigenvalue weighted by Crippen LogP contribution is -2.04. The Kier molecular flexibility index (Phi) is 9.55. The summed E-state index contributed by atoms with van der Waals surface area (Å²) in [5.41, 5.74) is 4.51. The third-order valence-corrected chi connectivity index (χ3v) is 5.10. The highest BCUT2D eigenvalue weighted by molar-refractivity contribution is 7.98. The zero-order valence-corrected chi connectivity index (χ0v) is 18.1. The molecule has 3 rings (SSSR count). The first kappa shape index (κ1) is 22.0. The van der Waals surface area contributed by atoms with Gasteiger partial charge >= 0.3 is 0 Å². The lowest BCUT2D eigenvalue weighted by atomic mass is 10.0. The Labute approximate surface area is 172 Å². The number of nitrogens with zero attached hydrogens (tertiary/aromatic N) is 3. The average molecular weight is 398 g/mol. The molecule has 0 aliphatic heterocycles. The van der Waals surface area contributed by atoms with Gasteiger partial charge in [-0.1, -0.05) is 70.4 Å². The number of rotatable bonds is 8. The quantitative estimate of drug-likeness (QED) is 0.346. The van der Waals surface area contributed by atoms with Gasteiger partial charge in [0, 0.05) is 28.3 Å². The second kappa shape index (κ2) is 12.2. The van der Waals surface area contributed by atoms with Crippen molar-refractivity contribution in [2.24, 2.45) is 0 Å². The monoisotopic (exact) mass is 397 g/mol.